The Bertz CT molecular complexity index is 1020. The van der Waals surface area contributed by atoms with E-state index in [-0.39, 0.29) is 47.0 Å². The van der Waals surface area contributed by atoms with Crippen molar-refractivity contribution in [2.75, 3.05) is 26.4 Å². The van der Waals surface area contributed by atoms with Crippen LogP contribution in [0.5, 0.6) is 0 Å². The first-order valence-corrected chi connectivity index (χ1v) is 14.1. The first-order valence-electron chi connectivity index (χ1n) is 14.1. The zero-order valence-corrected chi connectivity index (χ0v) is 21.8. The fraction of sp³-hybridized carbons (Fsp3) is 0.828. The highest BCUT2D eigenvalue weighted by atomic mass is 16.5. The zero-order valence-electron chi connectivity index (χ0n) is 21.8. The molecule has 3 N–H and O–H groups in total. The maximum absolute atomic E-state index is 12.4. The van der Waals surface area contributed by atoms with Crippen LogP contribution in [0.15, 0.2) is 27.6 Å². The molecule has 7 nitrogen and oxygen atoms in total. The second kappa shape index (κ2) is 8.63. The Hall–Kier alpha value is -1.25. The summed E-state index contributed by atoms with van der Waals surface area (Å²) in [5.74, 6) is 0.641. The monoisotopic (exact) mass is 501 g/mol. The van der Waals surface area contributed by atoms with E-state index in [1.54, 1.807) is 6.26 Å². The predicted molar refractivity (Wildman–Crippen MR) is 135 cm³/mol. The summed E-state index contributed by atoms with van der Waals surface area (Å²) in [7, 11) is 0. The van der Waals surface area contributed by atoms with E-state index in [2.05, 4.69) is 18.7 Å². The van der Waals surface area contributed by atoms with Gasteiger partial charge in [-0.25, -0.2) is 4.79 Å². The van der Waals surface area contributed by atoms with Crippen LogP contribution in [0.1, 0.15) is 83.1 Å². The van der Waals surface area contributed by atoms with Crippen LogP contribution in [0.3, 0.4) is 0 Å². The van der Waals surface area contributed by atoms with Crippen molar-refractivity contribution in [1.29, 1.82) is 0 Å². The number of aliphatic hydroxyl groups excluding tert-OH is 1. The van der Waals surface area contributed by atoms with Crippen molar-refractivity contribution in [3.63, 3.8) is 0 Å². The molecule has 0 spiro atoms. The van der Waals surface area contributed by atoms with Crippen molar-refractivity contribution in [2.45, 2.75) is 101 Å². The number of hydrogen-bond donors (Lipinski definition) is 3. The molecule has 1 aliphatic heterocycles. The lowest BCUT2D eigenvalue weighted by Gasteiger charge is -2.66. The summed E-state index contributed by atoms with van der Waals surface area (Å²) >= 11 is 0. The van der Waals surface area contributed by atoms with Gasteiger partial charge in [0.25, 0.3) is 0 Å². The van der Waals surface area contributed by atoms with Gasteiger partial charge < -0.3 is 24.5 Å². The summed E-state index contributed by atoms with van der Waals surface area (Å²) in [6.07, 6.45) is 9.46. The Labute approximate surface area is 213 Å². The van der Waals surface area contributed by atoms with Crippen molar-refractivity contribution >= 4 is 0 Å². The smallest absolute Gasteiger partial charge is 0.335 e. The molecule has 200 valence electrons. The molecule has 1 saturated heterocycles. The van der Waals surface area contributed by atoms with Gasteiger partial charge in [-0.15, -0.1) is 0 Å². The molecular weight excluding hydrogens is 458 g/mol. The van der Waals surface area contributed by atoms with Crippen LogP contribution in [0.2, 0.25) is 0 Å². The number of fused-ring (bicyclic) bond motifs is 5. The maximum atomic E-state index is 12.4. The number of nitrogens with zero attached hydrogens (tertiary/aromatic N) is 1. The van der Waals surface area contributed by atoms with Crippen LogP contribution in [0, 0.1) is 22.7 Å². The average Bonchev–Trinajstić information content (AvgIpc) is 3.16. The fourth-order valence-electron chi connectivity index (χ4n) is 9.89. The van der Waals surface area contributed by atoms with Crippen molar-refractivity contribution in [1.82, 2.24) is 4.90 Å². The van der Waals surface area contributed by atoms with Crippen LogP contribution in [0.4, 0.5) is 0 Å². The molecule has 1 aromatic heterocycles. The van der Waals surface area contributed by atoms with E-state index in [0.717, 1.165) is 69.9 Å². The average molecular weight is 502 g/mol. The highest BCUT2D eigenvalue weighted by Crippen LogP contribution is 2.71. The molecule has 5 aliphatic rings. The van der Waals surface area contributed by atoms with E-state index in [1.165, 1.54) is 6.07 Å². The summed E-state index contributed by atoms with van der Waals surface area (Å²) < 4.78 is 10.8. The molecule has 0 radical (unpaired) electrons. The van der Waals surface area contributed by atoms with E-state index >= 15 is 0 Å². The zero-order chi connectivity index (χ0) is 25.3. The predicted octanol–water partition coefficient (Wildman–Crippen LogP) is 3.06. The van der Waals surface area contributed by atoms with Gasteiger partial charge in [0.1, 0.15) is 0 Å². The summed E-state index contributed by atoms with van der Waals surface area (Å²) in [4.78, 5) is 13.9. The third kappa shape index (κ3) is 3.39. The Morgan fingerprint density at radius 3 is 2.53 bits per heavy atom. The minimum atomic E-state index is -0.774. The lowest BCUT2D eigenvalue weighted by molar-refractivity contribution is -0.252. The fourth-order valence-corrected chi connectivity index (χ4v) is 9.89. The van der Waals surface area contributed by atoms with Gasteiger partial charge in [-0.05, 0) is 92.6 Å². The molecule has 0 bridgehead atoms. The molecular formula is C29H43NO6. The van der Waals surface area contributed by atoms with Crippen LogP contribution in [0.25, 0.3) is 0 Å². The summed E-state index contributed by atoms with van der Waals surface area (Å²) in [5.41, 5.74) is -1.32. The number of hydrogen-bond acceptors (Lipinski definition) is 7. The first kappa shape index (κ1) is 25.1. The molecule has 0 aromatic carbocycles. The Kier molecular flexibility index (Phi) is 6.01. The van der Waals surface area contributed by atoms with Gasteiger partial charge in [-0.3, -0.25) is 4.90 Å². The standard InChI is InChI=1S/C29H43NO6/c1-26-9-5-20(30-13-14-35-18-21(30)16-31)15-28(26,33)11-7-24-23(26)6-10-27(2)22(8-12-29(24,27)34)19-3-4-25(32)36-17-19/h3-4,17,20-24,31,33-34H,5-16,18H2,1-2H3/t20-,21?,22+,23-,24+,26+,27+,28-,29-/m0/s1. The Morgan fingerprint density at radius 2 is 1.78 bits per heavy atom. The third-order valence-corrected chi connectivity index (χ3v) is 12.0. The van der Waals surface area contributed by atoms with Gasteiger partial charge in [0.15, 0.2) is 0 Å². The number of rotatable bonds is 3. The van der Waals surface area contributed by atoms with Gasteiger partial charge in [0.2, 0.25) is 0 Å². The Morgan fingerprint density at radius 1 is 1.00 bits per heavy atom. The number of aliphatic hydroxyl groups is 3. The molecule has 7 heteroatoms. The molecule has 0 amide bonds. The van der Waals surface area contributed by atoms with E-state index in [9.17, 15) is 20.1 Å². The highest BCUT2D eigenvalue weighted by molar-refractivity contribution is 5.28. The van der Waals surface area contributed by atoms with Crippen molar-refractivity contribution < 1.29 is 24.5 Å². The van der Waals surface area contributed by atoms with E-state index < -0.39 is 11.2 Å². The molecule has 2 heterocycles. The summed E-state index contributed by atoms with van der Waals surface area (Å²) in [5, 5.41) is 34.6. The van der Waals surface area contributed by atoms with E-state index in [0.29, 0.717) is 19.1 Å². The lowest BCUT2D eigenvalue weighted by atomic mass is 9.41. The molecule has 36 heavy (non-hydrogen) atoms. The van der Waals surface area contributed by atoms with Crippen LogP contribution in [-0.2, 0) is 4.74 Å². The van der Waals surface area contributed by atoms with Crippen molar-refractivity contribution in [2.24, 2.45) is 22.7 Å². The van der Waals surface area contributed by atoms with E-state index in [1.807, 2.05) is 6.07 Å². The molecule has 4 aliphatic carbocycles. The first-order chi connectivity index (χ1) is 17.2. The second-order valence-corrected chi connectivity index (χ2v) is 13.1. The van der Waals surface area contributed by atoms with Gasteiger partial charge in [-0.2, -0.15) is 0 Å². The van der Waals surface area contributed by atoms with Gasteiger partial charge in [-0.1, -0.05) is 13.8 Å². The minimum absolute atomic E-state index is 0.0157. The molecule has 5 fully saturated rings. The van der Waals surface area contributed by atoms with E-state index in [4.69, 9.17) is 9.15 Å². The molecule has 9 atom stereocenters. The largest absolute Gasteiger partial charge is 0.431 e. The highest BCUT2D eigenvalue weighted by Gasteiger charge is 2.70. The van der Waals surface area contributed by atoms with Gasteiger partial charge in [0, 0.05) is 24.1 Å². The summed E-state index contributed by atoms with van der Waals surface area (Å²) in [6, 6.07) is 3.66. The van der Waals surface area contributed by atoms with Crippen LogP contribution >= 0.6 is 0 Å². The van der Waals surface area contributed by atoms with Gasteiger partial charge >= 0.3 is 5.63 Å². The normalized spacial score (nSPS) is 49.2. The quantitative estimate of drug-likeness (QED) is 0.585. The SMILES string of the molecule is C[C@]12CC[C@H](N3CCOCC3CO)C[C@@]1(O)CC[C@@H]1[C@@H]2CC[C@]2(C)[C@@H](c3ccc(=O)oc3)CC[C@]12O. The number of morpholine rings is 1. The molecule has 1 aromatic rings. The summed E-state index contributed by atoms with van der Waals surface area (Å²) in [6.45, 7) is 6.70. The van der Waals surface area contributed by atoms with Crippen molar-refractivity contribution in [3.8, 4) is 0 Å². The molecule has 6 rings (SSSR count). The van der Waals surface area contributed by atoms with Crippen LogP contribution in [-0.4, -0.2) is 69.9 Å². The minimum Gasteiger partial charge on any atom is -0.431 e. The van der Waals surface area contributed by atoms with Crippen molar-refractivity contribution in [3.05, 3.63) is 34.4 Å². The maximum Gasteiger partial charge on any atom is 0.335 e. The molecule has 1 unspecified atom stereocenters. The third-order valence-electron chi connectivity index (χ3n) is 12.0. The second-order valence-electron chi connectivity index (χ2n) is 13.1. The lowest BCUT2D eigenvalue weighted by Crippen LogP contribution is -2.68. The van der Waals surface area contributed by atoms with Gasteiger partial charge in [0.05, 0.1) is 43.3 Å². The topological polar surface area (TPSA) is 103 Å². The number of ether oxygens (including phenoxy) is 1. The molecule has 4 saturated carbocycles. The van der Waals surface area contributed by atoms with Crippen LogP contribution < -0.4 is 5.63 Å². The Balaban J connectivity index is 1.26.